The predicted molar refractivity (Wildman–Crippen MR) is 112 cm³/mol. The molecule has 0 bridgehead atoms. The molecule has 0 amide bonds. The summed E-state index contributed by atoms with van der Waals surface area (Å²) in [7, 11) is 1.31. The van der Waals surface area contributed by atoms with Crippen molar-refractivity contribution in [1.29, 1.82) is 0 Å². The summed E-state index contributed by atoms with van der Waals surface area (Å²) >= 11 is 12.5. The fourth-order valence-electron chi connectivity index (χ4n) is 3.91. The Bertz CT molecular complexity index is 888. The lowest BCUT2D eigenvalue weighted by molar-refractivity contribution is -0.156. The number of esters is 2. The molecule has 1 aromatic carbocycles. The maximum atomic E-state index is 13.0. The van der Waals surface area contributed by atoms with Crippen molar-refractivity contribution in [2.45, 2.75) is 62.3 Å². The monoisotopic (exact) mass is 440 g/mol. The van der Waals surface area contributed by atoms with E-state index in [2.05, 4.69) is 0 Å². The van der Waals surface area contributed by atoms with Gasteiger partial charge >= 0.3 is 11.9 Å². The summed E-state index contributed by atoms with van der Waals surface area (Å²) < 4.78 is 15.5. The van der Waals surface area contributed by atoms with Gasteiger partial charge in [0.15, 0.2) is 5.60 Å². The van der Waals surface area contributed by atoms with Gasteiger partial charge in [0.2, 0.25) is 0 Å². The normalized spacial score (nSPS) is 21.4. The van der Waals surface area contributed by atoms with E-state index in [0.717, 1.165) is 16.7 Å². The highest BCUT2D eigenvalue weighted by atomic mass is 35.5. The molecule has 0 heterocycles. The second-order valence-electron chi connectivity index (χ2n) is 8.10. The van der Waals surface area contributed by atoms with Crippen LogP contribution in [0.2, 0.25) is 0 Å². The van der Waals surface area contributed by atoms with Crippen LogP contribution in [0.1, 0.15) is 58.1 Å². The van der Waals surface area contributed by atoms with Crippen LogP contribution in [0.25, 0.3) is 0 Å². The van der Waals surface area contributed by atoms with E-state index in [9.17, 15) is 9.59 Å². The SMILES string of the molecule is CCOC(=O)C1(c2cc(C3CC3(Cl)Cl)ccc2OC(C)(C)C(=O)OC)C(C)=C1C. The number of hydrogen-bond acceptors (Lipinski definition) is 5. The number of ether oxygens (including phenoxy) is 3. The van der Waals surface area contributed by atoms with Crippen LogP contribution >= 0.6 is 23.2 Å². The van der Waals surface area contributed by atoms with Crippen LogP contribution < -0.4 is 4.74 Å². The first-order valence-electron chi connectivity index (χ1n) is 9.58. The van der Waals surface area contributed by atoms with E-state index in [1.807, 2.05) is 26.0 Å². The molecule has 1 unspecified atom stereocenters. The Labute approximate surface area is 181 Å². The number of benzene rings is 1. The largest absolute Gasteiger partial charge is 0.476 e. The summed E-state index contributed by atoms with van der Waals surface area (Å²) in [5.74, 6) is -0.473. The van der Waals surface area contributed by atoms with Crippen LogP contribution in [0.3, 0.4) is 0 Å². The second kappa shape index (κ2) is 7.21. The van der Waals surface area contributed by atoms with Gasteiger partial charge in [0.05, 0.1) is 13.7 Å². The molecule has 0 aliphatic heterocycles. The van der Waals surface area contributed by atoms with E-state index in [1.165, 1.54) is 7.11 Å². The maximum absolute atomic E-state index is 13.0. The van der Waals surface area contributed by atoms with Crippen molar-refractivity contribution >= 4 is 35.1 Å². The Hall–Kier alpha value is -1.72. The summed E-state index contributed by atoms with van der Waals surface area (Å²) in [4.78, 5) is 25.2. The van der Waals surface area contributed by atoms with Gasteiger partial charge in [-0.05, 0) is 69.9 Å². The molecule has 1 fully saturated rings. The van der Waals surface area contributed by atoms with Crippen molar-refractivity contribution in [2.75, 3.05) is 13.7 Å². The standard InChI is InChI=1S/C22H26Cl2O5/c1-7-28-19(26)22(12(2)13(22)3)15-10-14(16-11-21(16,23)24)8-9-17(15)29-20(4,5)18(25)27-6/h8-10,16H,7,11H2,1-6H3. The zero-order valence-corrected chi connectivity index (χ0v) is 19.0. The van der Waals surface area contributed by atoms with Crippen LogP contribution in [0.15, 0.2) is 29.3 Å². The van der Waals surface area contributed by atoms with Crippen molar-refractivity contribution in [3.8, 4) is 5.75 Å². The Morgan fingerprint density at radius 1 is 1.21 bits per heavy atom. The van der Waals surface area contributed by atoms with Crippen LogP contribution in [0.5, 0.6) is 5.75 Å². The Morgan fingerprint density at radius 3 is 2.24 bits per heavy atom. The van der Waals surface area contributed by atoms with Gasteiger partial charge in [-0.3, -0.25) is 4.79 Å². The average molecular weight is 441 g/mol. The zero-order chi connectivity index (χ0) is 21.8. The van der Waals surface area contributed by atoms with Gasteiger partial charge in [-0.25, -0.2) is 4.79 Å². The Kier molecular flexibility index (Phi) is 5.46. The van der Waals surface area contributed by atoms with Crippen molar-refractivity contribution in [1.82, 2.24) is 0 Å². The Balaban J connectivity index is 2.10. The van der Waals surface area contributed by atoms with Crippen LogP contribution in [-0.4, -0.2) is 35.6 Å². The highest BCUT2D eigenvalue weighted by molar-refractivity contribution is 6.51. The molecule has 0 saturated heterocycles. The third-order valence-corrected chi connectivity index (χ3v) is 6.72. The lowest BCUT2D eigenvalue weighted by Gasteiger charge is -2.28. The molecule has 1 aromatic rings. The molecule has 158 valence electrons. The van der Waals surface area contributed by atoms with Gasteiger partial charge in [-0.15, -0.1) is 23.2 Å². The van der Waals surface area contributed by atoms with Gasteiger partial charge in [-0.2, -0.15) is 0 Å². The van der Waals surface area contributed by atoms with E-state index in [1.54, 1.807) is 26.8 Å². The molecule has 1 atom stereocenters. The van der Waals surface area contributed by atoms with E-state index >= 15 is 0 Å². The molecule has 0 radical (unpaired) electrons. The summed E-state index contributed by atoms with van der Waals surface area (Å²) in [5.41, 5.74) is 1.14. The number of carbonyl (C=O) groups is 2. The minimum absolute atomic E-state index is 0.0224. The molecule has 0 N–H and O–H groups in total. The maximum Gasteiger partial charge on any atom is 0.349 e. The molecular formula is C22H26Cl2O5. The van der Waals surface area contributed by atoms with E-state index in [0.29, 0.717) is 17.7 Å². The topological polar surface area (TPSA) is 61.8 Å². The quantitative estimate of drug-likeness (QED) is 0.345. The molecule has 0 aromatic heterocycles. The highest BCUT2D eigenvalue weighted by Gasteiger charge is 2.60. The van der Waals surface area contributed by atoms with E-state index in [4.69, 9.17) is 37.4 Å². The molecule has 2 aliphatic rings. The zero-order valence-electron chi connectivity index (χ0n) is 17.5. The lowest BCUT2D eigenvalue weighted by atomic mass is 9.85. The summed E-state index contributed by atoms with van der Waals surface area (Å²) in [6.07, 6.45) is 0.640. The summed E-state index contributed by atoms with van der Waals surface area (Å²) in [5, 5.41) is 0. The number of methoxy groups -OCH3 is 1. The van der Waals surface area contributed by atoms with Gasteiger partial charge in [0.1, 0.15) is 15.5 Å². The van der Waals surface area contributed by atoms with Crippen LogP contribution in [-0.2, 0) is 24.5 Å². The van der Waals surface area contributed by atoms with E-state index < -0.39 is 21.3 Å². The first-order valence-corrected chi connectivity index (χ1v) is 10.3. The number of carbonyl (C=O) groups excluding carboxylic acids is 2. The average Bonchev–Trinajstić information content (AvgIpc) is 3.47. The third-order valence-electron chi connectivity index (χ3n) is 5.88. The molecule has 3 rings (SSSR count). The second-order valence-corrected chi connectivity index (χ2v) is 9.64. The van der Waals surface area contributed by atoms with Crippen LogP contribution in [0, 0.1) is 0 Å². The van der Waals surface area contributed by atoms with Gasteiger partial charge in [0, 0.05) is 11.5 Å². The van der Waals surface area contributed by atoms with E-state index in [-0.39, 0.29) is 18.5 Å². The minimum atomic E-state index is -1.24. The van der Waals surface area contributed by atoms with Crippen molar-refractivity contribution in [3.63, 3.8) is 0 Å². The lowest BCUT2D eigenvalue weighted by Crippen LogP contribution is -2.40. The summed E-state index contributed by atoms with van der Waals surface area (Å²) in [6, 6.07) is 5.53. The fourth-order valence-corrected chi connectivity index (χ4v) is 4.47. The molecule has 29 heavy (non-hydrogen) atoms. The van der Waals surface area contributed by atoms with Gasteiger partial charge in [0.25, 0.3) is 0 Å². The molecule has 7 heteroatoms. The highest BCUT2D eigenvalue weighted by Crippen LogP contribution is 2.62. The first-order chi connectivity index (χ1) is 13.4. The van der Waals surface area contributed by atoms with Gasteiger partial charge in [-0.1, -0.05) is 6.07 Å². The minimum Gasteiger partial charge on any atom is -0.476 e. The molecular weight excluding hydrogens is 415 g/mol. The van der Waals surface area contributed by atoms with Crippen molar-refractivity contribution < 1.29 is 23.8 Å². The number of hydrogen-bond donors (Lipinski definition) is 0. The predicted octanol–water partition coefficient (Wildman–Crippen LogP) is 4.83. The number of alkyl halides is 2. The van der Waals surface area contributed by atoms with Crippen LogP contribution in [0.4, 0.5) is 0 Å². The fraction of sp³-hybridized carbons (Fsp3) is 0.545. The molecule has 5 nitrogen and oxygen atoms in total. The summed E-state index contributed by atoms with van der Waals surface area (Å²) in [6.45, 7) is 9.08. The van der Waals surface area contributed by atoms with Crippen molar-refractivity contribution in [2.24, 2.45) is 0 Å². The van der Waals surface area contributed by atoms with Crippen molar-refractivity contribution in [3.05, 3.63) is 40.5 Å². The molecule has 1 saturated carbocycles. The third kappa shape index (κ3) is 3.53. The smallest absolute Gasteiger partial charge is 0.349 e. The first kappa shape index (κ1) is 22.0. The van der Waals surface area contributed by atoms with Gasteiger partial charge < -0.3 is 14.2 Å². The Morgan fingerprint density at radius 2 is 1.79 bits per heavy atom. The molecule has 0 spiro atoms. The molecule has 2 aliphatic carbocycles. The number of rotatable bonds is 7. The number of halogens is 2.